The van der Waals surface area contributed by atoms with Gasteiger partial charge in [-0.05, 0) is 50.6 Å². The van der Waals surface area contributed by atoms with Crippen LogP contribution < -0.4 is 10.1 Å². The normalized spacial score (nSPS) is 10.7. The van der Waals surface area contributed by atoms with Gasteiger partial charge in [-0.1, -0.05) is 11.6 Å². The Labute approximate surface area is 162 Å². The van der Waals surface area contributed by atoms with Gasteiger partial charge in [-0.2, -0.15) is 0 Å². The number of nitrogens with one attached hydrogen (secondary N) is 1. The maximum absolute atomic E-state index is 12.3. The van der Waals surface area contributed by atoms with Crippen molar-refractivity contribution in [3.05, 3.63) is 65.2 Å². The van der Waals surface area contributed by atoms with Gasteiger partial charge in [-0.3, -0.25) is 14.8 Å². The van der Waals surface area contributed by atoms with Crippen LogP contribution in [0.2, 0.25) is 5.02 Å². The van der Waals surface area contributed by atoms with Gasteiger partial charge in [0.15, 0.2) is 5.82 Å². The lowest BCUT2D eigenvalue weighted by atomic mass is 10.1. The van der Waals surface area contributed by atoms with E-state index in [1.165, 1.54) is 12.4 Å². The molecule has 0 saturated heterocycles. The molecule has 0 unspecified atom stereocenters. The van der Waals surface area contributed by atoms with Crippen molar-refractivity contribution in [1.29, 1.82) is 0 Å². The number of nitrogens with zero attached hydrogens (tertiary/aromatic N) is 3. The van der Waals surface area contributed by atoms with E-state index in [0.717, 1.165) is 5.56 Å². The lowest BCUT2D eigenvalue weighted by Crippen LogP contribution is -2.14. The van der Waals surface area contributed by atoms with E-state index in [2.05, 4.69) is 20.3 Å². The van der Waals surface area contributed by atoms with E-state index in [-0.39, 0.29) is 12.0 Å². The van der Waals surface area contributed by atoms with Gasteiger partial charge in [0.05, 0.1) is 34.8 Å². The number of amides is 1. The van der Waals surface area contributed by atoms with Crippen molar-refractivity contribution in [2.45, 2.75) is 26.9 Å². The van der Waals surface area contributed by atoms with Crippen molar-refractivity contribution in [2.75, 3.05) is 5.32 Å². The molecule has 7 heteroatoms. The molecule has 0 aliphatic heterocycles. The second-order valence-corrected chi connectivity index (χ2v) is 6.65. The van der Waals surface area contributed by atoms with E-state index < -0.39 is 0 Å². The third kappa shape index (κ3) is 4.60. The van der Waals surface area contributed by atoms with E-state index in [9.17, 15) is 4.79 Å². The number of ether oxygens (including phenoxy) is 1. The number of benzene rings is 1. The fourth-order valence-electron chi connectivity index (χ4n) is 2.46. The number of pyridine rings is 1. The molecule has 0 fully saturated rings. The third-order valence-corrected chi connectivity index (χ3v) is 4.09. The largest absolute Gasteiger partial charge is 0.491 e. The van der Waals surface area contributed by atoms with Crippen LogP contribution in [0.1, 0.15) is 29.8 Å². The van der Waals surface area contributed by atoms with Crippen molar-refractivity contribution in [3.8, 4) is 17.0 Å². The molecule has 3 rings (SSSR count). The van der Waals surface area contributed by atoms with Crippen LogP contribution in [0.15, 0.2) is 49.1 Å². The van der Waals surface area contributed by atoms with Crippen LogP contribution >= 0.6 is 11.6 Å². The van der Waals surface area contributed by atoms with Gasteiger partial charge in [-0.15, -0.1) is 0 Å². The predicted molar refractivity (Wildman–Crippen MR) is 105 cm³/mol. The molecule has 0 bridgehead atoms. The SMILES string of the molecule is Cc1ccncc1C(=O)Nc1cnc(-c2cc(OC(C)C)ccc2Cl)cn1. The fraction of sp³-hybridized carbons (Fsp3) is 0.200. The Morgan fingerprint density at radius 1 is 1.15 bits per heavy atom. The zero-order chi connectivity index (χ0) is 19.4. The maximum atomic E-state index is 12.3. The van der Waals surface area contributed by atoms with Crippen LogP contribution in [-0.4, -0.2) is 27.0 Å². The molecular weight excluding hydrogens is 364 g/mol. The summed E-state index contributed by atoms with van der Waals surface area (Å²) in [7, 11) is 0. The number of anilines is 1. The topological polar surface area (TPSA) is 77.0 Å². The van der Waals surface area contributed by atoms with Crippen LogP contribution in [0.5, 0.6) is 5.75 Å². The summed E-state index contributed by atoms with van der Waals surface area (Å²) in [5, 5.41) is 3.26. The lowest BCUT2D eigenvalue weighted by Gasteiger charge is -2.12. The minimum Gasteiger partial charge on any atom is -0.491 e. The molecule has 1 amide bonds. The van der Waals surface area contributed by atoms with Gasteiger partial charge < -0.3 is 10.1 Å². The van der Waals surface area contributed by atoms with Crippen molar-refractivity contribution in [2.24, 2.45) is 0 Å². The molecule has 3 aromatic rings. The molecule has 0 spiro atoms. The second-order valence-electron chi connectivity index (χ2n) is 6.24. The first-order valence-corrected chi connectivity index (χ1v) is 8.82. The van der Waals surface area contributed by atoms with Crippen molar-refractivity contribution < 1.29 is 9.53 Å². The Hall–Kier alpha value is -2.99. The van der Waals surface area contributed by atoms with E-state index in [1.807, 2.05) is 32.9 Å². The number of aryl methyl sites for hydroxylation is 1. The average Bonchev–Trinajstić information content (AvgIpc) is 2.64. The highest BCUT2D eigenvalue weighted by atomic mass is 35.5. The highest BCUT2D eigenvalue weighted by Crippen LogP contribution is 2.30. The van der Waals surface area contributed by atoms with Crippen LogP contribution in [0, 0.1) is 6.92 Å². The number of hydrogen-bond donors (Lipinski definition) is 1. The van der Waals surface area contributed by atoms with E-state index in [0.29, 0.717) is 33.4 Å². The highest BCUT2D eigenvalue weighted by Gasteiger charge is 2.12. The minimum atomic E-state index is -0.284. The summed E-state index contributed by atoms with van der Waals surface area (Å²) in [6.45, 7) is 5.75. The monoisotopic (exact) mass is 382 g/mol. The highest BCUT2D eigenvalue weighted by molar-refractivity contribution is 6.33. The summed E-state index contributed by atoms with van der Waals surface area (Å²) in [6.07, 6.45) is 6.27. The van der Waals surface area contributed by atoms with Crippen LogP contribution in [0.25, 0.3) is 11.3 Å². The van der Waals surface area contributed by atoms with Gasteiger partial charge in [0.1, 0.15) is 5.75 Å². The molecule has 6 nitrogen and oxygen atoms in total. The van der Waals surface area contributed by atoms with Crippen molar-refractivity contribution in [1.82, 2.24) is 15.0 Å². The number of halogens is 1. The molecular formula is C20H19ClN4O2. The Kier molecular flexibility index (Phi) is 5.66. The minimum absolute atomic E-state index is 0.0543. The smallest absolute Gasteiger partial charge is 0.258 e. The predicted octanol–water partition coefficient (Wildman–Crippen LogP) is 4.54. The summed E-state index contributed by atoms with van der Waals surface area (Å²) in [4.78, 5) is 24.9. The molecule has 0 saturated carbocycles. The summed E-state index contributed by atoms with van der Waals surface area (Å²) in [5.41, 5.74) is 2.62. The molecule has 1 N–H and O–H groups in total. The van der Waals surface area contributed by atoms with Crippen LogP contribution in [0.3, 0.4) is 0 Å². The summed E-state index contributed by atoms with van der Waals surface area (Å²) < 4.78 is 5.70. The summed E-state index contributed by atoms with van der Waals surface area (Å²) >= 11 is 6.29. The molecule has 0 radical (unpaired) electrons. The van der Waals surface area contributed by atoms with E-state index in [1.54, 1.807) is 24.5 Å². The Bertz CT molecular complexity index is 958. The van der Waals surface area contributed by atoms with Crippen molar-refractivity contribution >= 4 is 23.3 Å². The zero-order valence-corrected chi connectivity index (χ0v) is 16.0. The first-order valence-electron chi connectivity index (χ1n) is 8.44. The molecule has 0 aliphatic rings. The van der Waals surface area contributed by atoms with Gasteiger partial charge in [0, 0.05) is 18.0 Å². The molecule has 0 atom stereocenters. The maximum Gasteiger partial charge on any atom is 0.258 e. The van der Waals surface area contributed by atoms with Crippen LogP contribution in [-0.2, 0) is 0 Å². The van der Waals surface area contributed by atoms with Gasteiger partial charge in [-0.25, -0.2) is 4.98 Å². The fourth-order valence-corrected chi connectivity index (χ4v) is 2.68. The summed E-state index contributed by atoms with van der Waals surface area (Å²) in [6, 6.07) is 7.17. The third-order valence-electron chi connectivity index (χ3n) is 3.76. The molecule has 0 aliphatic carbocycles. The first kappa shape index (κ1) is 18.8. The number of rotatable bonds is 5. The second kappa shape index (κ2) is 8.14. The first-order chi connectivity index (χ1) is 12.9. The van der Waals surface area contributed by atoms with Crippen molar-refractivity contribution in [3.63, 3.8) is 0 Å². The standard InChI is InChI=1S/C20H19ClN4O2/c1-12(2)27-14-4-5-17(21)15(8-14)18-10-24-19(11-23-18)25-20(26)16-9-22-7-6-13(16)3/h4-12H,1-3H3,(H,24,25,26). The Morgan fingerprint density at radius 3 is 2.63 bits per heavy atom. The Morgan fingerprint density at radius 2 is 1.96 bits per heavy atom. The van der Waals surface area contributed by atoms with Crippen LogP contribution in [0.4, 0.5) is 5.82 Å². The molecule has 1 aromatic carbocycles. The van der Waals surface area contributed by atoms with E-state index in [4.69, 9.17) is 16.3 Å². The van der Waals surface area contributed by atoms with Gasteiger partial charge >= 0.3 is 0 Å². The lowest BCUT2D eigenvalue weighted by molar-refractivity contribution is 0.102. The molecule has 138 valence electrons. The number of carbonyl (C=O) groups is 1. The van der Waals surface area contributed by atoms with Gasteiger partial charge in [0.25, 0.3) is 5.91 Å². The average molecular weight is 383 g/mol. The number of hydrogen-bond acceptors (Lipinski definition) is 5. The van der Waals surface area contributed by atoms with Gasteiger partial charge in [0.2, 0.25) is 0 Å². The number of aromatic nitrogens is 3. The quantitative estimate of drug-likeness (QED) is 0.701. The molecule has 27 heavy (non-hydrogen) atoms. The Balaban J connectivity index is 1.80. The molecule has 2 aromatic heterocycles. The zero-order valence-electron chi connectivity index (χ0n) is 15.2. The molecule has 2 heterocycles. The number of carbonyl (C=O) groups excluding carboxylic acids is 1. The van der Waals surface area contributed by atoms with E-state index >= 15 is 0 Å². The summed E-state index contributed by atoms with van der Waals surface area (Å²) in [5.74, 6) is 0.765.